The van der Waals surface area contributed by atoms with Crippen LogP contribution in [0, 0.1) is 18.3 Å². The van der Waals surface area contributed by atoms with E-state index in [-0.39, 0.29) is 5.92 Å². The molecule has 1 aliphatic rings. The van der Waals surface area contributed by atoms with Crippen molar-refractivity contribution in [2.75, 3.05) is 6.66 Å². The zero-order valence-corrected chi connectivity index (χ0v) is 10.0. The SMILES string of the molecule is C#CC1C(C)SP(C)(=O)SC1C. The third-order valence-electron chi connectivity index (χ3n) is 1.92. The molecule has 0 aliphatic carbocycles. The summed E-state index contributed by atoms with van der Waals surface area (Å²) in [5.41, 5.74) is -2.01. The molecule has 0 saturated carbocycles. The molecule has 1 saturated heterocycles. The van der Waals surface area contributed by atoms with E-state index in [2.05, 4.69) is 19.8 Å². The summed E-state index contributed by atoms with van der Waals surface area (Å²) in [6.45, 7) is 5.98. The highest BCUT2D eigenvalue weighted by Gasteiger charge is 2.37. The average Bonchev–Trinajstić information content (AvgIpc) is 1.82. The van der Waals surface area contributed by atoms with Crippen molar-refractivity contribution in [3.63, 3.8) is 0 Å². The van der Waals surface area contributed by atoms with Gasteiger partial charge in [-0.15, -0.1) is 12.3 Å². The smallest absolute Gasteiger partial charge is 0.188 e. The Morgan fingerprint density at radius 2 is 1.75 bits per heavy atom. The van der Waals surface area contributed by atoms with Gasteiger partial charge in [0.05, 0.1) is 0 Å². The molecule has 0 amide bonds. The van der Waals surface area contributed by atoms with Gasteiger partial charge in [-0.05, 0) is 0 Å². The topological polar surface area (TPSA) is 17.1 Å². The van der Waals surface area contributed by atoms with Crippen molar-refractivity contribution in [2.24, 2.45) is 5.92 Å². The molecular formula is C8H13OPS2. The van der Waals surface area contributed by atoms with Crippen LogP contribution in [-0.2, 0) is 4.57 Å². The lowest BCUT2D eigenvalue weighted by molar-refractivity contribution is 0.593. The maximum absolute atomic E-state index is 11.8. The van der Waals surface area contributed by atoms with Crippen molar-refractivity contribution >= 4 is 28.3 Å². The maximum Gasteiger partial charge on any atom is 0.188 e. The summed E-state index contributed by atoms with van der Waals surface area (Å²) in [6.07, 6.45) is 5.41. The van der Waals surface area contributed by atoms with Crippen LogP contribution in [-0.4, -0.2) is 17.2 Å². The van der Waals surface area contributed by atoms with Gasteiger partial charge in [-0.25, -0.2) is 0 Å². The van der Waals surface area contributed by atoms with Gasteiger partial charge < -0.3 is 4.57 Å². The summed E-state index contributed by atoms with van der Waals surface area (Å²) in [4.78, 5) is 0. The van der Waals surface area contributed by atoms with E-state index in [4.69, 9.17) is 6.42 Å². The van der Waals surface area contributed by atoms with Gasteiger partial charge >= 0.3 is 0 Å². The minimum atomic E-state index is -2.01. The Hall–Kier alpha value is 0.490. The van der Waals surface area contributed by atoms with E-state index >= 15 is 0 Å². The van der Waals surface area contributed by atoms with Crippen LogP contribution in [0.5, 0.6) is 0 Å². The van der Waals surface area contributed by atoms with Gasteiger partial charge in [-0.1, -0.05) is 36.6 Å². The molecule has 0 aromatic heterocycles. The van der Waals surface area contributed by atoms with Crippen molar-refractivity contribution in [2.45, 2.75) is 24.3 Å². The molecular weight excluding hydrogens is 207 g/mol. The average molecular weight is 220 g/mol. The zero-order chi connectivity index (χ0) is 9.35. The Labute approximate surface area is 82.3 Å². The third kappa shape index (κ3) is 2.25. The second-order valence-electron chi connectivity index (χ2n) is 3.08. The van der Waals surface area contributed by atoms with Crippen LogP contribution in [0.15, 0.2) is 0 Å². The quantitative estimate of drug-likeness (QED) is 0.460. The Bertz CT molecular complexity index is 242. The standard InChI is InChI=1S/C8H13OPS2/c1-5-8-6(2)11-10(4,9)12-7(8)3/h1,6-8H,2-4H3. The summed E-state index contributed by atoms with van der Waals surface area (Å²) in [5, 5.41) is 0.671. The fraction of sp³-hybridized carbons (Fsp3) is 0.750. The Kier molecular flexibility index (Phi) is 3.26. The summed E-state index contributed by atoms with van der Waals surface area (Å²) in [6, 6.07) is 0. The monoisotopic (exact) mass is 220 g/mol. The summed E-state index contributed by atoms with van der Waals surface area (Å²) >= 11 is 3.11. The van der Waals surface area contributed by atoms with Crippen LogP contribution in [0.2, 0.25) is 0 Å². The molecule has 0 N–H and O–H groups in total. The number of rotatable bonds is 0. The van der Waals surface area contributed by atoms with Crippen LogP contribution in [0.4, 0.5) is 0 Å². The van der Waals surface area contributed by atoms with Crippen LogP contribution in [0.25, 0.3) is 0 Å². The molecule has 2 unspecified atom stereocenters. The Morgan fingerprint density at radius 3 is 2.08 bits per heavy atom. The lowest BCUT2D eigenvalue weighted by atomic mass is 10.0. The number of hydrogen-bond donors (Lipinski definition) is 0. The second kappa shape index (κ2) is 3.70. The molecule has 0 spiro atoms. The molecule has 0 aromatic rings. The minimum absolute atomic E-state index is 0.266. The van der Waals surface area contributed by atoms with Gasteiger partial charge in [-0.2, -0.15) is 0 Å². The van der Waals surface area contributed by atoms with Crippen molar-refractivity contribution in [3.8, 4) is 12.3 Å². The van der Waals surface area contributed by atoms with E-state index in [1.807, 2.05) is 6.66 Å². The van der Waals surface area contributed by atoms with E-state index < -0.39 is 5.55 Å². The first-order valence-corrected chi connectivity index (χ1v) is 8.99. The fourth-order valence-electron chi connectivity index (χ4n) is 1.41. The third-order valence-corrected chi connectivity index (χ3v) is 9.78. The van der Waals surface area contributed by atoms with Gasteiger partial charge in [0.15, 0.2) is 5.55 Å². The van der Waals surface area contributed by atoms with Gasteiger partial charge in [0, 0.05) is 23.1 Å². The summed E-state index contributed by atoms with van der Waals surface area (Å²) in [5.74, 6) is 3.04. The largest absolute Gasteiger partial charge is 0.301 e. The molecule has 1 heterocycles. The van der Waals surface area contributed by atoms with Crippen molar-refractivity contribution < 1.29 is 4.57 Å². The van der Waals surface area contributed by atoms with E-state index in [0.717, 1.165) is 0 Å². The molecule has 0 aromatic carbocycles. The maximum atomic E-state index is 11.8. The highest BCUT2D eigenvalue weighted by Crippen LogP contribution is 2.73. The lowest BCUT2D eigenvalue weighted by Crippen LogP contribution is -2.24. The van der Waals surface area contributed by atoms with Gasteiger partial charge in [-0.3, -0.25) is 0 Å². The van der Waals surface area contributed by atoms with Crippen molar-refractivity contribution in [3.05, 3.63) is 0 Å². The summed E-state index contributed by atoms with van der Waals surface area (Å²) in [7, 11) is 0. The molecule has 68 valence electrons. The molecule has 0 bridgehead atoms. The molecule has 4 heteroatoms. The first-order valence-electron chi connectivity index (χ1n) is 3.87. The molecule has 1 rings (SSSR count). The Morgan fingerprint density at radius 1 is 1.33 bits per heavy atom. The van der Waals surface area contributed by atoms with Crippen molar-refractivity contribution in [1.29, 1.82) is 0 Å². The van der Waals surface area contributed by atoms with Crippen LogP contribution >= 0.6 is 28.3 Å². The van der Waals surface area contributed by atoms with Crippen molar-refractivity contribution in [1.82, 2.24) is 0 Å². The molecule has 2 atom stereocenters. The second-order valence-corrected chi connectivity index (χ2v) is 12.7. The van der Waals surface area contributed by atoms with E-state index in [1.165, 1.54) is 0 Å². The predicted molar refractivity (Wildman–Crippen MR) is 60.0 cm³/mol. The van der Waals surface area contributed by atoms with E-state index in [9.17, 15) is 4.57 Å². The normalized spacial score (nSPS) is 48.3. The van der Waals surface area contributed by atoms with Crippen LogP contribution < -0.4 is 0 Å². The van der Waals surface area contributed by atoms with E-state index in [1.54, 1.807) is 22.8 Å². The molecule has 1 aliphatic heterocycles. The highest BCUT2D eigenvalue weighted by atomic mass is 33.1. The van der Waals surface area contributed by atoms with Crippen LogP contribution in [0.3, 0.4) is 0 Å². The fourth-order valence-corrected chi connectivity index (χ4v) is 11.1. The molecule has 1 fully saturated rings. The molecule has 0 radical (unpaired) electrons. The van der Waals surface area contributed by atoms with Gasteiger partial charge in [0.25, 0.3) is 0 Å². The first-order chi connectivity index (χ1) is 5.46. The predicted octanol–water partition coefficient (Wildman–Crippen LogP) is 3.32. The Balaban J connectivity index is 2.79. The highest BCUT2D eigenvalue weighted by molar-refractivity contribution is 8.90. The molecule has 1 nitrogen and oxygen atoms in total. The first kappa shape index (κ1) is 10.6. The zero-order valence-electron chi connectivity index (χ0n) is 7.48. The van der Waals surface area contributed by atoms with Gasteiger partial charge in [0.1, 0.15) is 0 Å². The molecule has 12 heavy (non-hydrogen) atoms. The van der Waals surface area contributed by atoms with Gasteiger partial charge in [0.2, 0.25) is 0 Å². The van der Waals surface area contributed by atoms with Crippen LogP contribution in [0.1, 0.15) is 13.8 Å². The number of terminal acetylenes is 1. The minimum Gasteiger partial charge on any atom is -0.301 e. The van der Waals surface area contributed by atoms with E-state index in [0.29, 0.717) is 10.5 Å². The number of hydrogen-bond acceptors (Lipinski definition) is 3. The lowest BCUT2D eigenvalue weighted by Gasteiger charge is -2.33. The summed E-state index contributed by atoms with van der Waals surface area (Å²) < 4.78 is 11.8.